The summed E-state index contributed by atoms with van der Waals surface area (Å²) in [5, 5.41) is 0. The highest BCUT2D eigenvalue weighted by molar-refractivity contribution is 5.99. The summed E-state index contributed by atoms with van der Waals surface area (Å²) in [6.07, 6.45) is 3.76. The Morgan fingerprint density at radius 3 is 2.54 bits per heavy atom. The Labute approximate surface area is 141 Å². The Balaban J connectivity index is 1.61. The number of amides is 1. The van der Waals surface area contributed by atoms with E-state index in [0.29, 0.717) is 18.9 Å². The van der Waals surface area contributed by atoms with Gasteiger partial charge in [-0.15, -0.1) is 0 Å². The van der Waals surface area contributed by atoms with Crippen molar-refractivity contribution in [2.75, 3.05) is 38.3 Å². The molecule has 0 radical (unpaired) electrons. The molecule has 0 aliphatic carbocycles. The highest BCUT2D eigenvalue weighted by Crippen LogP contribution is 2.29. The van der Waals surface area contributed by atoms with Gasteiger partial charge in [0.2, 0.25) is 5.91 Å². The zero-order valence-electron chi connectivity index (χ0n) is 14.0. The maximum atomic E-state index is 13.9. The molecule has 0 saturated carbocycles. The second-order valence-electron chi connectivity index (χ2n) is 6.69. The van der Waals surface area contributed by atoms with E-state index in [1.807, 2.05) is 11.9 Å². The van der Waals surface area contributed by atoms with E-state index in [1.54, 1.807) is 0 Å². The molecule has 2 aliphatic rings. The van der Waals surface area contributed by atoms with Gasteiger partial charge in [0.25, 0.3) is 0 Å². The second-order valence-corrected chi connectivity index (χ2v) is 6.69. The molecule has 1 amide bonds. The molecule has 2 heterocycles. The molecule has 1 unspecified atom stereocenters. The third-order valence-corrected chi connectivity index (χ3v) is 5.15. The van der Waals surface area contributed by atoms with Crippen LogP contribution in [0.4, 0.5) is 14.5 Å². The Bertz CT molecular complexity index is 570. The average Bonchev–Trinajstić information content (AvgIpc) is 2.95. The summed E-state index contributed by atoms with van der Waals surface area (Å²) >= 11 is 0. The minimum atomic E-state index is -0.686. The van der Waals surface area contributed by atoms with Gasteiger partial charge in [0.1, 0.15) is 17.3 Å². The first-order chi connectivity index (χ1) is 11.6. The van der Waals surface area contributed by atoms with Gasteiger partial charge in [0, 0.05) is 19.8 Å². The van der Waals surface area contributed by atoms with Crippen LogP contribution < -0.4 is 4.90 Å². The molecule has 132 valence electrons. The van der Waals surface area contributed by atoms with Crippen molar-refractivity contribution in [1.82, 2.24) is 4.90 Å². The summed E-state index contributed by atoms with van der Waals surface area (Å²) in [5.41, 5.74) is -0.220. The second kappa shape index (κ2) is 7.57. The Morgan fingerprint density at radius 1 is 1.21 bits per heavy atom. The van der Waals surface area contributed by atoms with E-state index in [9.17, 15) is 13.6 Å². The van der Waals surface area contributed by atoms with Crippen LogP contribution in [-0.2, 0) is 9.53 Å². The summed E-state index contributed by atoms with van der Waals surface area (Å²) in [7, 11) is 1.92. The fourth-order valence-corrected chi connectivity index (χ4v) is 3.62. The third-order valence-electron chi connectivity index (χ3n) is 5.15. The maximum absolute atomic E-state index is 13.9. The molecule has 0 N–H and O–H groups in total. The van der Waals surface area contributed by atoms with Gasteiger partial charge in [-0.2, -0.15) is 0 Å². The van der Waals surface area contributed by atoms with Gasteiger partial charge in [-0.05, 0) is 57.3 Å². The average molecular weight is 338 g/mol. The number of carbonyl (C=O) groups excluding carboxylic acids is 1. The molecule has 2 aliphatic heterocycles. The first-order valence-corrected chi connectivity index (χ1v) is 8.61. The first kappa shape index (κ1) is 17.3. The number of anilines is 1. The van der Waals surface area contributed by atoms with E-state index in [2.05, 4.69) is 0 Å². The van der Waals surface area contributed by atoms with Crippen molar-refractivity contribution in [3.05, 3.63) is 29.8 Å². The number of ether oxygens (including phenoxy) is 1. The standard InChI is InChI=1S/C18H24F2N2O2/c1-21(9-5-13-7-11-24-12-8-13)16-6-10-22(18(16)23)17-14(19)3-2-4-15(17)20/h2-4,13,16H,5-12H2,1H3. The Kier molecular flexibility index (Phi) is 5.46. The number of benzene rings is 1. The van der Waals surface area contributed by atoms with Crippen molar-refractivity contribution in [3.8, 4) is 0 Å². The van der Waals surface area contributed by atoms with E-state index in [0.717, 1.165) is 39.0 Å². The molecule has 0 aromatic heterocycles. The van der Waals surface area contributed by atoms with Crippen LogP contribution in [0.5, 0.6) is 0 Å². The van der Waals surface area contributed by atoms with Gasteiger partial charge < -0.3 is 9.64 Å². The van der Waals surface area contributed by atoms with Crippen LogP contribution in [0.3, 0.4) is 0 Å². The predicted molar refractivity (Wildman–Crippen MR) is 87.9 cm³/mol. The van der Waals surface area contributed by atoms with Crippen LogP contribution in [0, 0.1) is 17.6 Å². The van der Waals surface area contributed by atoms with Gasteiger partial charge in [-0.3, -0.25) is 9.69 Å². The lowest BCUT2D eigenvalue weighted by Gasteiger charge is -2.27. The molecular weight excluding hydrogens is 314 g/mol. The number of nitrogens with zero attached hydrogens (tertiary/aromatic N) is 2. The van der Waals surface area contributed by atoms with Gasteiger partial charge >= 0.3 is 0 Å². The molecule has 4 nitrogen and oxygen atoms in total. The van der Waals surface area contributed by atoms with E-state index in [1.165, 1.54) is 23.1 Å². The summed E-state index contributed by atoms with van der Waals surface area (Å²) in [4.78, 5) is 15.9. The molecule has 2 saturated heterocycles. The normalized spacial score (nSPS) is 22.6. The number of para-hydroxylation sites is 1. The SMILES string of the molecule is CN(CCC1CCOCC1)C1CCN(c2c(F)cccc2F)C1=O. The van der Waals surface area contributed by atoms with Gasteiger partial charge in [-0.1, -0.05) is 6.07 Å². The van der Waals surface area contributed by atoms with Crippen LogP contribution in [-0.4, -0.2) is 50.2 Å². The number of halogens is 2. The van der Waals surface area contributed by atoms with Gasteiger partial charge in [-0.25, -0.2) is 8.78 Å². The highest BCUT2D eigenvalue weighted by atomic mass is 19.1. The first-order valence-electron chi connectivity index (χ1n) is 8.61. The number of likely N-dealkylation sites (N-methyl/N-ethyl adjacent to an activating group) is 1. The largest absolute Gasteiger partial charge is 0.381 e. The van der Waals surface area contributed by atoms with Crippen molar-refractivity contribution in [2.45, 2.75) is 31.7 Å². The van der Waals surface area contributed by atoms with Gasteiger partial charge in [0.15, 0.2) is 0 Å². The molecule has 1 aromatic carbocycles. The van der Waals surface area contributed by atoms with Crippen molar-refractivity contribution >= 4 is 11.6 Å². The zero-order valence-corrected chi connectivity index (χ0v) is 14.0. The van der Waals surface area contributed by atoms with E-state index in [4.69, 9.17) is 4.74 Å². The molecule has 0 spiro atoms. The van der Waals surface area contributed by atoms with Gasteiger partial charge in [0.05, 0.1) is 6.04 Å². The van der Waals surface area contributed by atoms with E-state index < -0.39 is 11.6 Å². The monoisotopic (exact) mass is 338 g/mol. The number of hydrogen-bond acceptors (Lipinski definition) is 3. The van der Waals surface area contributed by atoms with Crippen LogP contribution in [0.25, 0.3) is 0 Å². The molecular formula is C18H24F2N2O2. The van der Waals surface area contributed by atoms with Crippen LogP contribution in [0.15, 0.2) is 18.2 Å². The van der Waals surface area contributed by atoms with Crippen molar-refractivity contribution in [2.24, 2.45) is 5.92 Å². The third kappa shape index (κ3) is 3.59. The van der Waals surface area contributed by atoms with Crippen molar-refractivity contribution in [3.63, 3.8) is 0 Å². The molecule has 2 fully saturated rings. The minimum absolute atomic E-state index is 0.214. The van der Waals surface area contributed by atoms with Crippen LogP contribution >= 0.6 is 0 Å². The maximum Gasteiger partial charge on any atom is 0.244 e. The lowest BCUT2D eigenvalue weighted by atomic mass is 9.96. The summed E-state index contributed by atoms with van der Waals surface area (Å²) < 4.78 is 33.2. The van der Waals surface area contributed by atoms with Crippen molar-refractivity contribution < 1.29 is 18.3 Å². The number of rotatable bonds is 5. The fourth-order valence-electron chi connectivity index (χ4n) is 3.62. The van der Waals surface area contributed by atoms with Crippen LogP contribution in [0.1, 0.15) is 25.7 Å². The summed E-state index contributed by atoms with van der Waals surface area (Å²) in [6, 6.07) is 3.39. The molecule has 1 atom stereocenters. The fraction of sp³-hybridized carbons (Fsp3) is 0.611. The van der Waals surface area contributed by atoms with Crippen LogP contribution in [0.2, 0.25) is 0 Å². The molecule has 24 heavy (non-hydrogen) atoms. The Morgan fingerprint density at radius 2 is 1.88 bits per heavy atom. The summed E-state index contributed by atoms with van der Waals surface area (Å²) in [6.45, 7) is 2.80. The lowest BCUT2D eigenvalue weighted by molar-refractivity contribution is -0.121. The zero-order chi connectivity index (χ0) is 17.1. The van der Waals surface area contributed by atoms with E-state index >= 15 is 0 Å². The van der Waals surface area contributed by atoms with Crippen molar-refractivity contribution in [1.29, 1.82) is 0 Å². The number of carbonyl (C=O) groups is 1. The number of hydrogen-bond donors (Lipinski definition) is 0. The predicted octanol–water partition coefficient (Wildman–Crippen LogP) is 2.82. The molecule has 6 heteroatoms. The minimum Gasteiger partial charge on any atom is -0.381 e. The summed E-state index contributed by atoms with van der Waals surface area (Å²) in [5.74, 6) is -0.950. The topological polar surface area (TPSA) is 32.8 Å². The highest BCUT2D eigenvalue weighted by Gasteiger charge is 2.37. The smallest absolute Gasteiger partial charge is 0.244 e. The van der Waals surface area contributed by atoms with E-state index in [-0.39, 0.29) is 17.6 Å². The molecule has 3 rings (SSSR count). The lowest BCUT2D eigenvalue weighted by Crippen LogP contribution is -2.41. The Hall–Kier alpha value is -1.53. The molecule has 1 aromatic rings. The quantitative estimate of drug-likeness (QED) is 0.828. The molecule has 0 bridgehead atoms.